The first-order valence-corrected chi connectivity index (χ1v) is 14.7. The summed E-state index contributed by atoms with van der Waals surface area (Å²) in [6.07, 6.45) is -1.34. The summed E-state index contributed by atoms with van der Waals surface area (Å²) in [5.74, 6) is 0.0387. The monoisotopic (exact) mass is 565 g/mol. The van der Waals surface area contributed by atoms with Gasteiger partial charge in [0.1, 0.15) is 18.3 Å². The number of rotatable bonds is 12. The van der Waals surface area contributed by atoms with E-state index in [0.29, 0.717) is 33.0 Å². The zero-order valence-corrected chi connectivity index (χ0v) is 24.0. The van der Waals surface area contributed by atoms with Crippen LogP contribution in [-0.4, -0.2) is 49.2 Å². The number of ether oxygens (including phenoxy) is 4. The Morgan fingerprint density at radius 3 is 1.24 bits per heavy atom. The number of fused-ring (bicyclic) bond motifs is 1. The largest absolute Gasteiger partial charge is 0.370 e. The molecule has 6 rings (SSSR count). The van der Waals surface area contributed by atoms with Crippen molar-refractivity contribution in [3.63, 3.8) is 0 Å². The third-order valence-electron chi connectivity index (χ3n) is 8.20. The molecule has 1 aliphatic carbocycles. The highest BCUT2D eigenvalue weighted by Crippen LogP contribution is 2.41. The number of hydrogen-bond acceptors (Lipinski definition) is 6. The van der Waals surface area contributed by atoms with Crippen molar-refractivity contribution in [2.75, 3.05) is 13.7 Å². The van der Waals surface area contributed by atoms with E-state index in [9.17, 15) is 0 Å². The van der Waals surface area contributed by atoms with Gasteiger partial charge in [0.2, 0.25) is 0 Å². The molecule has 4 aromatic carbocycles. The van der Waals surface area contributed by atoms with Crippen LogP contribution in [0.2, 0.25) is 0 Å². The lowest BCUT2D eigenvalue weighted by Crippen LogP contribution is -2.65. The maximum Gasteiger partial charge on any atom is 0.114 e. The molecule has 6 nitrogen and oxygen atoms in total. The lowest BCUT2D eigenvalue weighted by molar-refractivity contribution is -0.247. The van der Waals surface area contributed by atoms with E-state index in [-0.39, 0.29) is 30.3 Å². The highest BCUT2D eigenvalue weighted by molar-refractivity contribution is 5.17. The molecule has 0 spiro atoms. The van der Waals surface area contributed by atoms with E-state index in [1.54, 1.807) is 0 Å². The summed E-state index contributed by atoms with van der Waals surface area (Å²) < 4.78 is 27.1. The highest BCUT2D eigenvalue weighted by atomic mass is 16.7. The Morgan fingerprint density at radius 2 is 0.833 bits per heavy atom. The predicted molar refractivity (Wildman–Crippen MR) is 161 cm³/mol. The van der Waals surface area contributed by atoms with Crippen LogP contribution in [0.3, 0.4) is 0 Å². The first kappa shape index (κ1) is 28.7. The molecule has 218 valence electrons. The fraction of sp³-hybridized carbons (Fsp3) is 0.333. The van der Waals surface area contributed by atoms with Crippen molar-refractivity contribution < 1.29 is 23.8 Å². The smallest absolute Gasteiger partial charge is 0.114 e. The number of benzene rings is 4. The Bertz CT molecular complexity index is 1340. The third kappa shape index (κ3) is 6.98. The molecule has 2 aliphatic rings. The van der Waals surface area contributed by atoms with E-state index in [1.165, 1.54) is 0 Å². The van der Waals surface area contributed by atoms with Crippen molar-refractivity contribution in [2.24, 2.45) is 5.92 Å². The van der Waals surface area contributed by atoms with Gasteiger partial charge in [-0.25, -0.2) is 0 Å². The van der Waals surface area contributed by atoms with Crippen LogP contribution >= 0.6 is 0 Å². The minimum absolute atomic E-state index is 0.0387. The predicted octanol–water partition coefficient (Wildman–Crippen LogP) is 6.20. The minimum atomic E-state index is -0.399. The Balaban J connectivity index is 1.32. The van der Waals surface area contributed by atoms with E-state index in [0.717, 1.165) is 22.3 Å². The molecule has 0 N–H and O–H groups in total. The molecule has 4 aromatic rings. The molecule has 0 bridgehead atoms. The Labute approximate surface area is 248 Å². The maximum atomic E-state index is 6.80. The van der Waals surface area contributed by atoms with E-state index in [1.807, 2.05) is 84.9 Å². The quantitative estimate of drug-likeness (QED) is 0.204. The van der Waals surface area contributed by atoms with Gasteiger partial charge in [-0.1, -0.05) is 121 Å². The van der Waals surface area contributed by atoms with Crippen LogP contribution < -0.4 is 0 Å². The third-order valence-corrected chi connectivity index (χ3v) is 8.20. The van der Waals surface area contributed by atoms with Crippen LogP contribution in [0.5, 0.6) is 0 Å². The normalized spacial score (nSPS) is 25.7. The minimum Gasteiger partial charge on any atom is -0.370 e. The van der Waals surface area contributed by atoms with Gasteiger partial charge in [0.15, 0.2) is 0 Å². The lowest BCUT2D eigenvalue weighted by Gasteiger charge is -2.48. The second-order valence-corrected chi connectivity index (χ2v) is 11.0. The Kier molecular flexibility index (Phi) is 9.72. The van der Waals surface area contributed by atoms with Crippen LogP contribution in [-0.2, 0) is 50.2 Å². The zero-order valence-electron chi connectivity index (χ0n) is 24.0. The topological polar surface area (TPSA) is 49.4 Å². The SMILES string of the molecule is CN1OC[C@H]2[C@@H](OCc3ccccc3)[C@H](OCc3ccccc3)[C@@H](OCc3ccccc3)[C@H](OCc3ccccc3)[C@H]21. The van der Waals surface area contributed by atoms with Crippen molar-refractivity contribution in [1.29, 1.82) is 0 Å². The standard InChI is InChI=1S/C36H39NO5/c1-37-32-31(26-42-37)33(38-22-27-14-6-2-7-15-27)35(40-24-29-18-10-4-11-19-29)36(41-25-30-20-12-5-13-21-30)34(32)39-23-28-16-8-3-9-17-28/h2-21,31-36H,22-26H2,1H3/t31-,32+,33-,34-,35+,36+/m1/s1. The van der Waals surface area contributed by atoms with Gasteiger partial charge >= 0.3 is 0 Å². The molecule has 0 radical (unpaired) electrons. The molecule has 0 amide bonds. The van der Waals surface area contributed by atoms with E-state index >= 15 is 0 Å². The van der Waals surface area contributed by atoms with E-state index in [4.69, 9.17) is 23.8 Å². The van der Waals surface area contributed by atoms with Crippen LogP contribution in [0.1, 0.15) is 22.3 Å². The summed E-state index contributed by atoms with van der Waals surface area (Å²) in [6, 6.07) is 41.0. The molecule has 1 heterocycles. The zero-order chi connectivity index (χ0) is 28.6. The first-order chi connectivity index (χ1) is 20.8. The second kappa shape index (κ2) is 14.2. The van der Waals surface area contributed by atoms with Crippen LogP contribution in [0.15, 0.2) is 121 Å². The summed E-state index contributed by atoms with van der Waals surface area (Å²) >= 11 is 0. The highest BCUT2D eigenvalue weighted by Gasteiger charge is 2.57. The second-order valence-electron chi connectivity index (χ2n) is 11.0. The number of nitrogens with zero attached hydrogens (tertiary/aromatic N) is 1. The van der Waals surface area contributed by atoms with Gasteiger partial charge in [-0.2, -0.15) is 5.06 Å². The fourth-order valence-corrected chi connectivity index (χ4v) is 6.07. The van der Waals surface area contributed by atoms with Crippen molar-refractivity contribution in [3.05, 3.63) is 144 Å². The molecule has 2 fully saturated rings. The molecule has 1 saturated heterocycles. The van der Waals surface area contributed by atoms with Gasteiger partial charge in [-0.3, -0.25) is 4.84 Å². The van der Waals surface area contributed by atoms with E-state index < -0.39 is 6.10 Å². The summed E-state index contributed by atoms with van der Waals surface area (Å²) in [6.45, 7) is 2.36. The van der Waals surface area contributed by atoms with Gasteiger partial charge in [0.05, 0.1) is 45.2 Å². The van der Waals surface area contributed by atoms with Gasteiger partial charge < -0.3 is 18.9 Å². The average molecular weight is 566 g/mol. The lowest BCUT2D eigenvalue weighted by atomic mass is 9.77. The summed E-state index contributed by atoms with van der Waals surface area (Å²) in [7, 11) is 1.98. The number of likely N-dealkylation sites (N-methyl/N-ethyl adjacent to an activating group) is 1. The number of hydrogen-bond donors (Lipinski definition) is 0. The number of hydroxylamine groups is 2. The Hall–Kier alpha value is -3.36. The van der Waals surface area contributed by atoms with Crippen molar-refractivity contribution in [3.8, 4) is 0 Å². The summed E-state index contributed by atoms with van der Waals surface area (Å²) in [4.78, 5) is 6.15. The molecular weight excluding hydrogens is 526 g/mol. The van der Waals surface area contributed by atoms with E-state index in [2.05, 4.69) is 48.5 Å². The van der Waals surface area contributed by atoms with Crippen LogP contribution in [0.25, 0.3) is 0 Å². The Morgan fingerprint density at radius 1 is 0.500 bits per heavy atom. The first-order valence-electron chi connectivity index (χ1n) is 14.7. The fourth-order valence-electron chi connectivity index (χ4n) is 6.07. The molecule has 1 aliphatic heterocycles. The van der Waals surface area contributed by atoms with Crippen LogP contribution in [0, 0.1) is 5.92 Å². The van der Waals surface area contributed by atoms with Crippen LogP contribution in [0.4, 0.5) is 0 Å². The molecule has 1 saturated carbocycles. The van der Waals surface area contributed by atoms with Gasteiger partial charge in [0.25, 0.3) is 0 Å². The van der Waals surface area contributed by atoms with Crippen molar-refractivity contribution in [1.82, 2.24) is 5.06 Å². The molecule has 0 unspecified atom stereocenters. The molecule has 6 heteroatoms. The van der Waals surface area contributed by atoms with Gasteiger partial charge in [-0.15, -0.1) is 0 Å². The average Bonchev–Trinajstić information content (AvgIpc) is 3.44. The van der Waals surface area contributed by atoms with Gasteiger partial charge in [0, 0.05) is 13.0 Å². The summed E-state index contributed by atoms with van der Waals surface area (Å²) in [5, 5.41) is 1.94. The van der Waals surface area contributed by atoms with Gasteiger partial charge in [-0.05, 0) is 22.3 Å². The molecule has 42 heavy (non-hydrogen) atoms. The van der Waals surface area contributed by atoms with Crippen molar-refractivity contribution >= 4 is 0 Å². The molecule has 6 atom stereocenters. The summed E-state index contributed by atoms with van der Waals surface area (Å²) in [5.41, 5.74) is 4.43. The molecular formula is C36H39NO5. The molecule has 0 aromatic heterocycles. The van der Waals surface area contributed by atoms with Crippen molar-refractivity contribution in [2.45, 2.75) is 56.9 Å². The maximum absolute atomic E-state index is 6.80.